The van der Waals surface area contributed by atoms with Gasteiger partial charge in [-0.15, -0.1) is 0 Å². The molecule has 3 unspecified atom stereocenters. The van der Waals surface area contributed by atoms with E-state index in [2.05, 4.69) is 37.0 Å². The van der Waals surface area contributed by atoms with Crippen LogP contribution in [0.5, 0.6) is 0 Å². The minimum Gasteiger partial charge on any atom is -0.329 e. The van der Waals surface area contributed by atoms with E-state index in [1.807, 2.05) is 10.9 Å². The first kappa shape index (κ1) is 14.5. The summed E-state index contributed by atoms with van der Waals surface area (Å²) < 4.78 is 2.04. The lowest BCUT2D eigenvalue weighted by atomic mass is 9.90. The fourth-order valence-electron chi connectivity index (χ4n) is 3.17. The third-order valence-corrected chi connectivity index (χ3v) is 4.54. The van der Waals surface area contributed by atoms with Crippen molar-refractivity contribution < 1.29 is 0 Å². The highest BCUT2D eigenvalue weighted by Gasteiger charge is 2.30. The standard InChI is InChI=1S/C15H28N4/c1-4-7-18-11-14(10-17-18)15(9-16)19-8-5-6-12(2)13(19)3/h10-13,15H,4-9,16H2,1-3H3. The summed E-state index contributed by atoms with van der Waals surface area (Å²) in [5.41, 5.74) is 7.32. The van der Waals surface area contributed by atoms with E-state index in [1.54, 1.807) is 0 Å². The van der Waals surface area contributed by atoms with Crippen LogP contribution in [0.3, 0.4) is 0 Å². The number of hydrogen-bond donors (Lipinski definition) is 1. The Morgan fingerprint density at radius 3 is 2.95 bits per heavy atom. The van der Waals surface area contributed by atoms with Crippen LogP contribution in [0.15, 0.2) is 12.4 Å². The van der Waals surface area contributed by atoms with Crippen LogP contribution in [0.25, 0.3) is 0 Å². The first-order valence-corrected chi connectivity index (χ1v) is 7.65. The summed E-state index contributed by atoms with van der Waals surface area (Å²) in [5.74, 6) is 0.758. The summed E-state index contributed by atoms with van der Waals surface area (Å²) in [7, 11) is 0. The van der Waals surface area contributed by atoms with Crippen molar-refractivity contribution in [3.05, 3.63) is 18.0 Å². The molecule has 0 aromatic carbocycles. The Morgan fingerprint density at radius 1 is 1.47 bits per heavy atom. The van der Waals surface area contributed by atoms with E-state index < -0.39 is 0 Å². The average molecular weight is 264 g/mol. The molecule has 0 amide bonds. The normalized spacial score (nSPS) is 26.5. The topological polar surface area (TPSA) is 47.1 Å². The third kappa shape index (κ3) is 3.18. The summed E-state index contributed by atoms with van der Waals surface area (Å²) >= 11 is 0. The molecule has 1 fully saturated rings. The number of aryl methyl sites for hydroxylation is 1. The Morgan fingerprint density at radius 2 is 2.26 bits per heavy atom. The SMILES string of the molecule is CCCn1cc(C(CN)N2CCCC(C)C2C)cn1. The molecule has 2 heterocycles. The van der Waals surface area contributed by atoms with Gasteiger partial charge in [-0.2, -0.15) is 5.10 Å². The maximum atomic E-state index is 6.05. The molecular weight excluding hydrogens is 236 g/mol. The molecule has 0 spiro atoms. The summed E-state index contributed by atoms with van der Waals surface area (Å²) in [6.07, 6.45) is 7.91. The second-order valence-corrected chi connectivity index (χ2v) is 5.89. The van der Waals surface area contributed by atoms with Gasteiger partial charge in [-0.3, -0.25) is 9.58 Å². The third-order valence-electron chi connectivity index (χ3n) is 4.54. The van der Waals surface area contributed by atoms with Crippen molar-refractivity contribution in [1.29, 1.82) is 0 Å². The van der Waals surface area contributed by atoms with Gasteiger partial charge in [0.25, 0.3) is 0 Å². The lowest BCUT2D eigenvalue weighted by Crippen LogP contribution is -2.46. The number of nitrogens with zero attached hydrogens (tertiary/aromatic N) is 3. The molecule has 2 N–H and O–H groups in total. The Bertz CT molecular complexity index is 387. The summed E-state index contributed by atoms with van der Waals surface area (Å²) in [6.45, 7) is 9.69. The first-order chi connectivity index (χ1) is 9.17. The van der Waals surface area contributed by atoms with Gasteiger partial charge in [0.1, 0.15) is 0 Å². The van der Waals surface area contributed by atoms with Gasteiger partial charge in [0.2, 0.25) is 0 Å². The molecular formula is C15H28N4. The molecule has 0 aliphatic carbocycles. The Labute approximate surface area is 117 Å². The Hall–Kier alpha value is -0.870. The first-order valence-electron chi connectivity index (χ1n) is 7.65. The molecule has 1 aromatic heterocycles. The molecule has 4 nitrogen and oxygen atoms in total. The van der Waals surface area contributed by atoms with Crippen molar-refractivity contribution in [2.45, 2.75) is 58.7 Å². The van der Waals surface area contributed by atoms with Crippen LogP contribution >= 0.6 is 0 Å². The van der Waals surface area contributed by atoms with Crippen LogP contribution in [-0.4, -0.2) is 33.8 Å². The number of piperidine rings is 1. The maximum absolute atomic E-state index is 6.05. The molecule has 108 valence electrons. The van der Waals surface area contributed by atoms with E-state index >= 15 is 0 Å². The van der Waals surface area contributed by atoms with Gasteiger partial charge < -0.3 is 5.73 Å². The van der Waals surface area contributed by atoms with E-state index in [9.17, 15) is 0 Å². The lowest BCUT2D eigenvalue weighted by Gasteiger charge is -2.42. The van der Waals surface area contributed by atoms with Crippen molar-refractivity contribution in [1.82, 2.24) is 14.7 Å². The molecule has 4 heteroatoms. The van der Waals surface area contributed by atoms with Crippen LogP contribution in [0.1, 0.15) is 51.6 Å². The van der Waals surface area contributed by atoms with Gasteiger partial charge in [0, 0.05) is 30.9 Å². The smallest absolute Gasteiger partial charge is 0.0538 e. The highest BCUT2D eigenvalue weighted by atomic mass is 15.3. The summed E-state index contributed by atoms with van der Waals surface area (Å²) in [4.78, 5) is 2.57. The fraction of sp³-hybridized carbons (Fsp3) is 0.800. The van der Waals surface area contributed by atoms with Crippen molar-refractivity contribution in [2.75, 3.05) is 13.1 Å². The highest BCUT2D eigenvalue weighted by molar-refractivity contribution is 5.12. The number of hydrogen-bond acceptors (Lipinski definition) is 3. The zero-order valence-corrected chi connectivity index (χ0v) is 12.5. The molecule has 0 saturated carbocycles. The van der Waals surface area contributed by atoms with Gasteiger partial charge in [0.15, 0.2) is 0 Å². The second kappa shape index (κ2) is 6.53. The Kier molecular flexibility index (Phi) is 4.99. The van der Waals surface area contributed by atoms with Crippen LogP contribution in [0.4, 0.5) is 0 Å². The van der Waals surface area contributed by atoms with Crippen LogP contribution in [-0.2, 0) is 6.54 Å². The molecule has 2 rings (SSSR count). The monoisotopic (exact) mass is 264 g/mol. The van der Waals surface area contributed by atoms with Crippen molar-refractivity contribution in [2.24, 2.45) is 11.7 Å². The molecule has 0 radical (unpaired) electrons. The summed E-state index contributed by atoms with van der Waals surface area (Å²) in [5, 5.41) is 4.45. The van der Waals surface area contributed by atoms with Crippen LogP contribution < -0.4 is 5.73 Å². The fourth-order valence-corrected chi connectivity index (χ4v) is 3.17. The van der Waals surface area contributed by atoms with Crippen LogP contribution in [0.2, 0.25) is 0 Å². The summed E-state index contributed by atoms with van der Waals surface area (Å²) in [6, 6.07) is 0.931. The minimum atomic E-state index is 0.323. The van der Waals surface area contributed by atoms with Gasteiger partial charge in [-0.05, 0) is 38.6 Å². The van der Waals surface area contributed by atoms with E-state index in [0.717, 1.165) is 25.4 Å². The highest BCUT2D eigenvalue weighted by Crippen LogP contribution is 2.30. The van der Waals surface area contributed by atoms with Crippen molar-refractivity contribution in [3.8, 4) is 0 Å². The number of nitrogens with two attached hydrogens (primary N) is 1. The van der Waals surface area contributed by atoms with Gasteiger partial charge in [-0.25, -0.2) is 0 Å². The van der Waals surface area contributed by atoms with Crippen LogP contribution in [0, 0.1) is 5.92 Å². The van der Waals surface area contributed by atoms with E-state index in [1.165, 1.54) is 18.4 Å². The molecule has 1 aromatic rings. The van der Waals surface area contributed by atoms with Crippen molar-refractivity contribution >= 4 is 0 Å². The number of rotatable bonds is 5. The van der Waals surface area contributed by atoms with Gasteiger partial charge >= 0.3 is 0 Å². The molecule has 19 heavy (non-hydrogen) atoms. The van der Waals surface area contributed by atoms with Crippen molar-refractivity contribution in [3.63, 3.8) is 0 Å². The number of aromatic nitrogens is 2. The van der Waals surface area contributed by atoms with Gasteiger partial charge in [0.05, 0.1) is 12.2 Å². The Balaban J connectivity index is 2.13. The second-order valence-electron chi connectivity index (χ2n) is 5.89. The average Bonchev–Trinajstić information content (AvgIpc) is 2.84. The molecule has 0 bridgehead atoms. The largest absolute Gasteiger partial charge is 0.329 e. The molecule has 1 saturated heterocycles. The van der Waals surface area contributed by atoms with E-state index in [-0.39, 0.29) is 0 Å². The molecule has 1 aliphatic heterocycles. The minimum absolute atomic E-state index is 0.323. The van der Waals surface area contributed by atoms with Gasteiger partial charge in [-0.1, -0.05) is 13.8 Å². The van der Waals surface area contributed by atoms with E-state index in [4.69, 9.17) is 5.73 Å². The quantitative estimate of drug-likeness (QED) is 0.888. The predicted octanol–water partition coefficient (Wildman–Crippen LogP) is 2.41. The van der Waals surface area contributed by atoms with E-state index in [0.29, 0.717) is 18.6 Å². The zero-order chi connectivity index (χ0) is 13.8. The zero-order valence-electron chi connectivity index (χ0n) is 12.5. The molecule has 3 atom stereocenters. The molecule has 1 aliphatic rings. The lowest BCUT2D eigenvalue weighted by molar-refractivity contribution is 0.0709. The number of likely N-dealkylation sites (tertiary alicyclic amines) is 1. The predicted molar refractivity (Wildman–Crippen MR) is 78.9 cm³/mol. The maximum Gasteiger partial charge on any atom is 0.0538 e.